The van der Waals surface area contributed by atoms with E-state index in [1.807, 2.05) is 48.6 Å². The lowest BCUT2D eigenvalue weighted by Gasteiger charge is -2.08. The van der Waals surface area contributed by atoms with Gasteiger partial charge in [-0.05, 0) is 42.0 Å². The lowest BCUT2D eigenvalue weighted by Crippen LogP contribution is -2.12. The monoisotopic (exact) mass is 411 g/mol. The molecule has 0 bridgehead atoms. The zero-order valence-corrected chi connectivity index (χ0v) is 16.4. The number of benzene rings is 3. The van der Waals surface area contributed by atoms with Crippen LogP contribution in [0.4, 0.5) is 5.69 Å². The van der Waals surface area contributed by atoms with Gasteiger partial charge in [0.2, 0.25) is 0 Å². The van der Waals surface area contributed by atoms with E-state index in [0.29, 0.717) is 5.69 Å². The second-order valence-electron chi connectivity index (χ2n) is 6.03. The molecule has 7 heteroatoms. The van der Waals surface area contributed by atoms with Gasteiger partial charge in [0.05, 0.1) is 16.1 Å². The number of sulfonamides is 1. The standard InChI is InChI=1S/C21H17N3O2S.ClH/c25-27(26,18-9-2-1-3-10-18)24-17-8-6-7-16(15-17)13-14-21-19-11-4-5-12-20(19)22-23-21;/h1-15,24H,(H,22,23);1H. The van der Waals surface area contributed by atoms with E-state index in [0.717, 1.165) is 22.2 Å². The van der Waals surface area contributed by atoms with E-state index in [-0.39, 0.29) is 17.3 Å². The second-order valence-corrected chi connectivity index (χ2v) is 7.71. The van der Waals surface area contributed by atoms with Crippen LogP contribution in [0.15, 0.2) is 83.8 Å². The maximum absolute atomic E-state index is 12.5. The van der Waals surface area contributed by atoms with Gasteiger partial charge in [-0.2, -0.15) is 5.10 Å². The second kappa shape index (κ2) is 8.29. The molecule has 0 aliphatic carbocycles. The van der Waals surface area contributed by atoms with Gasteiger partial charge >= 0.3 is 0 Å². The average molecular weight is 412 g/mol. The highest BCUT2D eigenvalue weighted by atomic mass is 35.5. The van der Waals surface area contributed by atoms with Crippen LogP contribution in [0.1, 0.15) is 11.3 Å². The van der Waals surface area contributed by atoms with Gasteiger partial charge < -0.3 is 0 Å². The van der Waals surface area contributed by atoms with E-state index in [2.05, 4.69) is 14.9 Å². The fourth-order valence-electron chi connectivity index (χ4n) is 2.81. The van der Waals surface area contributed by atoms with Crippen LogP contribution in [0.3, 0.4) is 0 Å². The van der Waals surface area contributed by atoms with Gasteiger partial charge in [-0.25, -0.2) is 8.42 Å². The van der Waals surface area contributed by atoms with Crippen molar-refractivity contribution in [3.05, 3.63) is 90.1 Å². The zero-order valence-electron chi connectivity index (χ0n) is 14.7. The number of anilines is 1. The summed E-state index contributed by atoms with van der Waals surface area (Å²) in [6.45, 7) is 0. The van der Waals surface area contributed by atoms with Gasteiger partial charge in [0.25, 0.3) is 10.0 Å². The van der Waals surface area contributed by atoms with E-state index >= 15 is 0 Å². The molecule has 0 aliphatic rings. The van der Waals surface area contributed by atoms with Crippen molar-refractivity contribution in [2.75, 3.05) is 4.72 Å². The summed E-state index contributed by atoms with van der Waals surface area (Å²) in [4.78, 5) is 0.230. The zero-order chi connectivity index (χ0) is 18.7. The van der Waals surface area contributed by atoms with Crippen molar-refractivity contribution in [3.63, 3.8) is 0 Å². The first kappa shape index (κ1) is 19.7. The summed E-state index contributed by atoms with van der Waals surface area (Å²) in [5, 5.41) is 8.34. The number of H-pyrrole nitrogens is 1. The van der Waals surface area contributed by atoms with Crippen LogP contribution in [0, 0.1) is 0 Å². The van der Waals surface area contributed by atoms with Gasteiger partial charge in [-0.15, -0.1) is 12.4 Å². The molecular weight excluding hydrogens is 394 g/mol. The predicted molar refractivity (Wildman–Crippen MR) is 116 cm³/mol. The summed E-state index contributed by atoms with van der Waals surface area (Å²) in [6, 6.07) is 23.4. The molecule has 2 N–H and O–H groups in total. The Bertz CT molecular complexity index is 1220. The Morgan fingerprint density at radius 3 is 2.43 bits per heavy atom. The van der Waals surface area contributed by atoms with Crippen LogP contribution in [0.5, 0.6) is 0 Å². The Morgan fingerprint density at radius 1 is 0.857 bits per heavy atom. The fraction of sp³-hybridized carbons (Fsp3) is 0. The molecule has 0 saturated carbocycles. The predicted octanol–water partition coefficient (Wildman–Crippen LogP) is 4.96. The molecule has 1 heterocycles. The summed E-state index contributed by atoms with van der Waals surface area (Å²) in [7, 11) is -3.61. The molecule has 4 rings (SSSR count). The van der Waals surface area contributed by atoms with Crippen molar-refractivity contribution in [1.82, 2.24) is 10.2 Å². The van der Waals surface area contributed by atoms with Crippen LogP contribution in [0.25, 0.3) is 23.1 Å². The highest BCUT2D eigenvalue weighted by Crippen LogP contribution is 2.20. The number of hydrogen-bond acceptors (Lipinski definition) is 3. The maximum Gasteiger partial charge on any atom is 0.261 e. The first-order valence-corrected chi connectivity index (χ1v) is 9.89. The maximum atomic E-state index is 12.5. The number of rotatable bonds is 5. The molecule has 0 spiro atoms. The average Bonchev–Trinajstić information content (AvgIpc) is 3.10. The van der Waals surface area contributed by atoms with E-state index < -0.39 is 10.0 Å². The van der Waals surface area contributed by atoms with Crippen LogP contribution in [-0.2, 0) is 10.0 Å². The van der Waals surface area contributed by atoms with Crippen molar-refractivity contribution < 1.29 is 8.42 Å². The van der Waals surface area contributed by atoms with Crippen molar-refractivity contribution in [1.29, 1.82) is 0 Å². The minimum atomic E-state index is -3.61. The molecule has 1 aromatic heterocycles. The quantitative estimate of drug-likeness (QED) is 0.487. The molecule has 0 saturated heterocycles. The van der Waals surface area contributed by atoms with Gasteiger partial charge in [0.15, 0.2) is 0 Å². The molecule has 0 radical (unpaired) electrons. The normalized spacial score (nSPS) is 11.4. The number of halogens is 1. The highest BCUT2D eigenvalue weighted by molar-refractivity contribution is 7.92. The van der Waals surface area contributed by atoms with E-state index in [4.69, 9.17) is 0 Å². The third-order valence-electron chi connectivity index (χ3n) is 4.13. The van der Waals surface area contributed by atoms with Crippen molar-refractivity contribution >= 4 is 51.2 Å². The summed E-state index contributed by atoms with van der Waals surface area (Å²) < 4.78 is 27.5. The number of fused-ring (bicyclic) bond motifs is 1. The Kier molecular flexibility index (Phi) is 5.82. The Morgan fingerprint density at radius 2 is 1.61 bits per heavy atom. The SMILES string of the molecule is Cl.O=S(=O)(Nc1cccc(C=Cc2n[nH]c3ccccc23)c1)c1ccccc1. The van der Waals surface area contributed by atoms with E-state index in [9.17, 15) is 8.42 Å². The van der Waals surface area contributed by atoms with Gasteiger partial charge in [0, 0.05) is 11.1 Å². The first-order valence-electron chi connectivity index (χ1n) is 8.41. The summed E-state index contributed by atoms with van der Waals surface area (Å²) in [6.07, 6.45) is 3.81. The number of para-hydroxylation sites is 1. The van der Waals surface area contributed by atoms with Crippen molar-refractivity contribution in [2.45, 2.75) is 4.90 Å². The molecule has 5 nitrogen and oxygen atoms in total. The Labute approximate surface area is 169 Å². The molecule has 3 aromatic carbocycles. The molecule has 0 fully saturated rings. The lowest BCUT2D eigenvalue weighted by molar-refractivity contribution is 0.601. The molecule has 0 aliphatic heterocycles. The molecule has 0 amide bonds. The van der Waals surface area contributed by atoms with Crippen molar-refractivity contribution in [3.8, 4) is 0 Å². The molecule has 4 aromatic rings. The summed E-state index contributed by atoms with van der Waals surface area (Å²) >= 11 is 0. The topological polar surface area (TPSA) is 74.8 Å². The Balaban J connectivity index is 0.00000225. The Hall–Kier alpha value is -3.09. The number of hydrogen-bond donors (Lipinski definition) is 2. The van der Waals surface area contributed by atoms with Crippen LogP contribution >= 0.6 is 12.4 Å². The molecule has 0 unspecified atom stereocenters. The minimum absolute atomic E-state index is 0. The number of aromatic amines is 1. The third-order valence-corrected chi connectivity index (χ3v) is 5.52. The fourth-order valence-corrected chi connectivity index (χ4v) is 3.88. The van der Waals surface area contributed by atoms with Gasteiger partial charge in [-0.1, -0.05) is 54.6 Å². The number of aromatic nitrogens is 2. The lowest BCUT2D eigenvalue weighted by atomic mass is 10.1. The molecule has 28 heavy (non-hydrogen) atoms. The van der Waals surface area contributed by atoms with E-state index in [1.165, 1.54) is 0 Å². The van der Waals surface area contributed by atoms with Crippen LogP contribution in [0.2, 0.25) is 0 Å². The van der Waals surface area contributed by atoms with Crippen LogP contribution < -0.4 is 4.72 Å². The number of nitrogens with one attached hydrogen (secondary N) is 2. The largest absolute Gasteiger partial charge is 0.280 e. The van der Waals surface area contributed by atoms with Crippen molar-refractivity contribution in [2.24, 2.45) is 0 Å². The van der Waals surface area contributed by atoms with Gasteiger partial charge in [-0.3, -0.25) is 9.82 Å². The summed E-state index contributed by atoms with van der Waals surface area (Å²) in [5.74, 6) is 0. The summed E-state index contributed by atoms with van der Waals surface area (Å²) in [5.41, 5.74) is 3.19. The smallest absolute Gasteiger partial charge is 0.261 e. The van der Waals surface area contributed by atoms with Crippen LogP contribution in [-0.4, -0.2) is 18.6 Å². The minimum Gasteiger partial charge on any atom is -0.280 e. The van der Waals surface area contributed by atoms with Gasteiger partial charge in [0.1, 0.15) is 0 Å². The van der Waals surface area contributed by atoms with E-state index in [1.54, 1.807) is 42.5 Å². The molecule has 142 valence electrons. The highest BCUT2D eigenvalue weighted by Gasteiger charge is 2.13. The number of nitrogens with zero attached hydrogens (tertiary/aromatic N) is 1. The molecular formula is C21H18ClN3O2S. The first-order chi connectivity index (χ1) is 13.1. The third kappa shape index (κ3) is 4.24. The molecule has 0 atom stereocenters.